The lowest BCUT2D eigenvalue weighted by Crippen LogP contribution is -2.69. The Morgan fingerprint density at radius 3 is 2.13 bits per heavy atom. The molecule has 3 N–H and O–H groups in total. The molecule has 1 aliphatic heterocycles. The third kappa shape index (κ3) is 6.49. The molecule has 1 heterocycles. The Kier molecular flexibility index (Phi) is 10.8. The van der Waals surface area contributed by atoms with Crippen LogP contribution in [-0.4, -0.2) is 90.9 Å². The van der Waals surface area contributed by atoms with Crippen molar-refractivity contribution in [3.05, 3.63) is 0 Å². The smallest absolute Gasteiger partial charge is 0.309 e. The van der Waals surface area contributed by atoms with Gasteiger partial charge < -0.3 is 20.3 Å². The monoisotopic (exact) mass is 789 g/mol. The Morgan fingerprint density at radius 2 is 1.51 bits per heavy atom. The molecule has 7 fully saturated rings. The summed E-state index contributed by atoms with van der Waals surface area (Å²) in [6.45, 7) is 23.4. The average molecular weight is 789 g/mol. The average Bonchev–Trinajstić information content (AvgIpc) is 3.48. The molecule has 7 aliphatic rings. The Labute approximate surface area is 333 Å². The molecule has 55 heavy (non-hydrogen) atoms. The zero-order chi connectivity index (χ0) is 40.1. The highest BCUT2D eigenvalue weighted by Gasteiger charge is 2.71. The van der Waals surface area contributed by atoms with E-state index >= 15 is 0 Å². The summed E-state index contributed by atoms with van der Waals surface area (Å²) in [5.74, 6) is 2.24. The molecule has 10 heteroatoms. The molecule has 6 aliphatic carbocycles. The normalized spacial score (nSPS) is 46.3. The number of hydrogen-bond acceptors (Lipinski definition) is 8. The van der Waals surface area contributed by atoms with Crippen molar-refractivity contribution in [2.24, 2.45) is 74.4 Å². The molecule has 0 bridgehead atoms. The van der Waals surface area contributed by atoms with Gasteiger partial charge in [0.15, 0.2) is 9.84 Å². The summed E-state index contributed by atoms with van der Waals surface area (Å²) in [6.07, 6.45) is 12.9. The van der Waals surface area contributed by atoms with Crippen LogP contribution in [0.25, 0.3) is 0 Å². The molecule has 0 amide bonds. The highest BCUT2D eigenvalue weighted by Crippen LogP contribution is 2.76. The number of fused-ring (bicyclic) bond motifs is 7. The van der Waals surface area contributed by atoms with Crippen LogP contribution in [0.3, 0.4) is 0 Å². The predicted molar refractivity (Wildman–Crippen MR) is 216 cm³/mol. The van der Waals surface area contributed by atoms with E-state index in [0.29, 0.717) is 55.0 Å². The first-order chi connectivity index (χ1) is 25.6. The van der Waals surface area contributed by atoms with Gasteiger partial charge in [0.2, 0.25) is 0 Å². The zero-order valence-electron chi connectivity index (χ0n) is 35.8. The fraction of sp³-hybridized carbons (Fsp3) is 0.956. The van der Waals surface area contributed by atoms with Gasteiger partial charge in [-0.3, -0.25) is 14.5 Å². The number of ether oxygens (including phenoxy) is 1. The van der Waals surface area contributed by atoms with E-state index in [4.69, 9.17) is 4.74 Å². The number of esters is 1. The van der Waals surface area contributed by atoms with Crippen molar-refractivity contribution >= 4 is 21.8 Å². The highest BCUT2D eigenvalue weighted by molar-refractivity contribution is 7.91. The van der Waals surface area contributed by atoms with Crippen LogP contribution < -0.4 is 5.32 Å². The van der Waals surface area contributed by atoms with Gasteiger partial charge in [0, 0.05) is 30.1 Å². The summed E-state index contributed by atoms with van der Waals surface area (Å²) >= 11 is 0. The van der Waals surface area contributed by atoms with Crippen LogP contribution in [0.2, 0.25) is 0 Å². The quantitative estimate of drug-likeness (QED) is 0.197. The Bertz CT molecular complexity index is 1580. The lowest BCUT2D eigenvalue weighted by atomic mass is 9.32. The largest absolute Gasteiger partial charge is 0.481 e. The number of nitrogens with zero attached hydrogens (tertiary/aromatic N) is 1. The van der Waals surface area contributed by atoms with E-state index in [1.807, 2.05) is 13.8 Å². The maximum Gasteiger partial charge on any atom is 0.309 e. The van der Waals surface area contributed by atoms with Crippen molar-refractivity contribution in [2.75, 3.05) is 37.7 Å². The van der Waals surface area contributed by atoms with Crippen LogP contribution in [0.15, 0.2) is 0 Å². The van der Waals surface area contributed by atoms with Gasteiger partial charge >= 0.3 is 11.9 Å². The Balaban J connectivity index is 1.07. The molecule has 314 valence electrons. The minimum Gasteiger partial charge on any atom is -0.481 e. The van der Waals surface area contributed by atoms with E-state index in [1.165, 1.54) is 44.9 Å². The lowest BCUT2D eigenvalue weighted by Gasteiger charge is -2.73. The first-order valence-electron chi connectivity index (χ1n) is 22.3. The van der Waals surface area contributed by atoms with Gasteiger partial charge in [0.05, 0.1) is 29.9 Å². The number of sulfone groups is 1. The van der Waals surface area contributed by atoms with E-state index in [1.54, 1.807) is 0 Å². The fourth-order valence-corrected chi connectivity index (χ4v) is 17.1. The van der Waals surface area contributed by atoms with Gasteiger partial charge in [-0.15, -0.1) is 0 Å². The predicted octanol–water partition coefficient (Wildman–Crippen LogP) is 7.21. The molecule has 13 atom stereocenters. The van der Waals surface area contributed by atoms with Crippen molar-refractivity contribution < 1.29 is 33.0 Å². The third-order valence-corrected chi connectivity index (χ3v) is 21.1. The second-order valence-electron chi connectivity index (χ2n) is 22.3. The maximum atomic E-state index is 13.6. The van der Waals surface area contributed by atoms with Gasteiger partial charge in [0.25, 0.3) is 0 Å². The third-order valence-electron chi connectivity index (χ3n) is 19.4. The standard InChI is InChI=1S/C45H76N2O7S/c1-28(2)30-12-18-45(46-21-15-29(27-48)47-22-24-55(52,53)25-23-47)20-19-43(8)31(37(30)45)10-11-35-42(7)16-14-36(41(5,6)34(42)13-17-44(35,43)9)54-39(51)33-26-32(38(49)50)40(33,3)4/h28-37,46,48H,10-27H2,1-9H3,(H,49,50)/t29-,30+,31-,32+,33-,34+,35-,36+,37-,42+,43-,44-,45+/m1/s1. The maximum absolute atomic E-state index is 13.6. The molecular formula is C45H76N2O7S. The second kappa shape index (κ2) is 14.2. The first kappa shape index (κ1) is 41.9. The molecule has 0 aromatic rings. The van der Waals surface area contributed by atoms with E-state index in [2.05, 4.69) is 58.7 Å². The molecule has 9 nitrogen and oxygen atoms in total. The van der Waals surface area contributed by atoms with Gasteiger partial charge in [-0.25, -0.2) is 8.42 Å². The van der Waals surface area contributed by atoms with Crippen molar-refractivity contribution in [2.45, 2.75) is 157 Å². The number of aliphatic hydroxyl groups excluding tert-OH is 1. The van der Waals surface area contributed by atoms with Crippen molar-refractivity contribution in [3.63, 3.8) is 0 Å². The van der Waals surface area contributed by atoms with Crippen molar-refractivity contribution in [1.29, 1.82) is 0 Å². The fourth-order valence-electron chi connectivity index (χ4n) is 15.8. The van der Waals surface area contributed by atoms with E-state index in [-0.39, 0.29) is 69.3 Å². The first-order valence-corrected chi connectivity index (χ1v) is 24.1. The number of rotatable bonds is 10. The zero-order valence-corrected chi connectivity index (χ0v) is 36.6. The summed E-state index contributed by atoms with van der Waals surface area (Å²) in [4.78, 5) is 27.6. The molecule has 7 rings (SSSR count). The van der Waals surface area contributed by atoms with Crippen LogP contribution in [0.1, 0.15) is 139 Å². The number of carboxylic acids is 1. The van der Waals surface area contributed by atoms with Crippen LogP contribution >= 0.6 is 0 Å². The summed E-state index contributed by atoms with van der Waals surface area (Å²) in [7, 11) is -2.96. The number of carboxylic acid groups (broad SMARTS) is 1. The SMILES string of the molecule is CC(C)[C@@H]1CC[C@]2(NCC[C@H](CO)N3CCS(=O)(=O)CC3)CC[C@]3(C)[C@H](CC[C@@H]4[C@@]5(C)CC[C@H](OC(=O)[C@H]6C[C@@H](C(=O)O)C6(C)C)C(C)(C)[C@@H]5CC[C@]43C)[C@@H]12. The molecule has 0 aromatic heterocycles. The summed E-state index contributed by atoms with van der Waals surface area (Å²) in [5, 5.41) is 24.3. The lowest BCUT2D eigenvalue weighted by molar-refractivity contribution is -0.249. The van der Waals surface area contributed by atoms with Crippen LogP contribution in [-0.2, 0) is 24.2 Å². The van der Waals surface area contributed by atoms with Gasteiger partial charge in [0.1, 0.15) is 6.10 Å². The number of aliphatic carboxylic acids is 1. The molecule has 0 unspecified atom stereocenters. The molecule has 0 radical (unpaired) electrons. The van der Waals surface area contributed by atoms with E-state index in [9.17, 15) is 28.2 Å². The number of carbonyl (C=O) groups excluding carboxylic acids is 1. The minimum atomic E-state index is -2.96. The highest BCUT2D eigenvalue weighted by atomic mass is 32.2. The summed E-state index contributed by atoms with van der Waals surface area (Å²) in [5.41, 5.74) is 0.0306. The molecule has 6 saturated carbocycles. The molecule has 1 saturated heterocycles. The van der Waals surface area contributed by atoms with Gasteiger partial charge in [-0.2, -0.15) is 0 Å². The van der Waals surface area contributed by atoms with Crippen LogP contribution in [0, 0.1) is 74.4 Å². The molecular weight excluding hydrogens is 713 g/mol. The number of carbonyl (C=O) groups is 2. The summed E-state index contributed by atoms with van der Waals surface area (Å²) < 4.78 is 30.6. The number of nitrogens with one attached hydrogen (secondary N) is 1. The minimum absolute atomic E-state index is 0.00325. The number of hydrogen-bond donors (Lipinski definition) is 3. The van der Waals surface area contributed by atoms with E-state index < -0.39 is 27.1 Å². The topological polar surface area (TPSA) is 133 Å². The van der Waals surface area contributed by atoms with Gasteiger partial charge in [-0.05, 0) is 141 Å². The number of aliphatic hydroxyl groups is 1. The Hall–Kier alpha value is -1.23. The second-order valence-corrected chi connectivity index (χ2v) is 24.6. The van der Waals surface area contributed by atoms with Crippen LogP contribution in [0.5, 0.6) is 0 Å². The van der Waals surface area contributed by atoms with Crippen LogP contribution in [0.4, 0.5) is 0 Å². The summed E-state index contributed by atoms with van der Waals surface area (Å²) in [6, 6.07) is -0.00325. The van der Waals surface area contributed by atoms with Gasteiger partial charge in [-0.1, -0.05) is 62.3 Å². The Morgan fingerprint density at radius 1 is 0.818 bits per heavy atom. The van der Waals surface area contributed by atoms with Crippen molar-refractivity contribution in [1.82, 2.24) is 10.2 Å². The molecule has 0 spiro atoms. The van der Waals surface area contributed by atoms with Crippen molar-refractivity contribution in [3.8, 4) is 0 Å². The molecule has 0 aromatic carbocycles. The van der Waals surface area contributed by atoms with E-state index in [0.717, 1.165) is 32.2 Å².